The van der Waals surface area contributed by atoms with Gasteiger partial charge in [0, 0.05) is 6.54 Å². The zero-order valence-electron chi connectivity index (χ0n) is 9.04. The molecule has 15 heavy (non-hydrogen) atoms. The molecule has 1 heterocycles. The molecule has 1 atom stereocenters. The van der Waals surface area contributed by atoms with Crippen molar-refractivity contribution < 1.29 is 9.59 Å². The molecular weight excluding hydrogens is 212 g/mol. The minimum Gasteiger partial charge on any atom is -0.338 e. The van der Waals surface area contributed by atoms with Crippen LogP contribution in [0.25, 0.3) is 0 Å². The average molecular weight is 230 g/mol. The molecule has 4 nitrogen and oxygen atoms in total. The molecule has 1 saturated heterocycles. The third-order valence-electron chi connectivity index (χ3n) is 2.30. The zero-order chi connectivity index (χ0) is 11.1. The molecule has 86 valence electrons. The molecule has 2 amide bonds. The second-order valence-corrected chi connectivity index (χ2v) is 5.00. The molecule has 0 bridgehead atoms. The van der Waals surface area contributed by atoms with E-state index in [2.05, 4.69) is 10.6 Å². The van der Waals surface area contributed by atoms with Gasteiger partial charge in [0.05, 0.1) is 6.54 Å². The molecule has 0 radical (unpaired) electrons. The van der Waals surface area contributed by atoms with E-state index in [4.69, 9.17) is 0 Å². The molecule has 0 saturated carbocycles. The zero-order valence-corrected chi connectivity index (χ0v) is 9.86. The van der Waals surface area contributed by atoms with Crippen LogP contribution in [-0.4, -0.2) is 36.4 Å². The summed E-state index contributed by atoms with van der Waals surface area (Å²) in [7, 11) is 0. The Balaban J connectivity index is 2.07. The molecule has 1 unspecified atom stereocenters. The van der Waals surface area contributed by atoms with E-state index >= 15 is 0 Å². The van der Waals surface area contributed by atoms with Crippen molar-refractivity contribution in [2.75, 3.05) is 24.6 Å². The van der Waals surface area contributed by atoms with Crippen LogP contribution in [0.4, 0.5) is 4.79 Å². The highest BCUT2D eigenvalue weighted by atomic mass is 32.2. The van der Waals surface area contributed by atoms with E-state index in [1.165, 1.54) is 25.5 Å². The smallest absolute Gasteiger partial charge is 0.315 e. The minimum atomic E-state index is -0.235. The molecule has 5 heteroatoms. The van der Waals surface area contributed by atoms with Gasteiger partial charge in [-0.1, -0.05) is 0 Å². The van der Waals surface area contributed by atoms with Gasteiger partial charge >= 0.3 is 6.03 Å². The van der Waals surface area contributed by atoms with E-state index in [1.54, 1.807) is 0 Å². The molecule has 0 spiro atoms. The van der Waals surface area contributed by atoms with Crippen LogP contribution in [0.3, 0.4) is 0 Å². The van der Waals surface area contributed by atoms with Crippen LogP contribution in [0.2, 0.25) is 0 Å². The summed E-state index contributed by atoms with van der Waals surface area (Å²) in [6.45, 7) is 2.29. The second kappa shape index (κ2) is 6.71. The van der Waals surface area contributed by atoms with Crippen molar-refractivity contribution in [1.29, 1.82) is 0 Å². The predicted octanol–water partition coefficient (Wildman–Crippen LogP) is 1.02. The molecule has 0 aromatic carbocycles. The highest BCUT2D eigenvalue weighted by Gasteiger charge is 2.14. The maximum absolute atomic E-state index is 11.2. The van der Waals surface area contributed by atoms with Gasteiger partial charge < -0.3 is 10.6 Å². The van der Waals surface area contributed by atoms with Crippen molar-refractivity contribution in [2.24, 2.45) is 5.92 Å². The summed E-state index contributed by atoms with van der Waals surface area (Å²) in [4.78, 5) is 21.8. The average Bonchev–Trinajstić information content (AvgIpc) is 2.25. The molecule has 1 aliphatic heterocycles. The lowest BCUT2D eigenvalue weighted by atomic mass is 10.1. The van der Waals surface area contributed by atoms with Crippen LogP contribution in [0.5, 0.6) is 0 Å². The van der Waals surface area contributed by atoms with Crippen LogP contribution in [0, 0.1) is 5.92 Å². The Hall–Kier alpha value is -0.710. The van der Waals surface area contributed by atoms with Crippen LogP contribution in [0.1, 0.15) is 19.8 Å². The Morgan fingerprint density at radius 3 is 2.80 bits per heavy atom. The summed E-state index contributed by atoms with van der Waals surface area (Å²) >= 11 is 1.95. The third kappa shape index (κ3) is 5.67. The van der Waals surface area contributed by atoms with Gasteiger partial charge in [-0.25, -0.2) is 4.79 Å². The predicted molar refractivity (Wildman–Crippen MR) is 62.1 cm³/mol. The highest BCUT2D eigenvalue weighted by molar-refractivity contribution is 7.99. The normalized spacial score (nSPS) is 20.7. The van der Waals surface area contributed by atoms with Crippen molar-refractivity contribution in [1.82, 2.24) is 10.6 Å². The van der Waals surface area contributed by atoms with Crippen molar-refractivity contribution >= 4 is 23.6 Å². The molecule has 0 aromatic rings. The standard InChI is InChI=1S/C10H18N2O2S/c1-8(13)5-11-10(14)12-6-9-3-2-4-15-7-9/h9H,2-7H2,1H3,(H2,11,12,14). The Morgan fingerprint density at radius 1 is 1.40 bits per heavy atom. The van der Waals surface area contributed by atoms with E-state index in [0.717, 1.165) is 12.3 Å². The van der Waals surface area contributed by atoms with Crippen molar-refractivity contribution in [3.05, 3.63) is 0 Å². The summed E-state index contributed by atoms with van der Waals surface area (Å²) in [6.07, 6.45) is 2.44. The number of carbonyl (C=O) groups excluding carboxylic acids is 2. The summed E-state index contributed by atoms with van der Waals surface area (Å²) in [5, 5.41) is 5.31. The number of hydrogen-bond acceptors (Lipinski definition) is 3. The molecule has 0 aromatic heterocycles. The Morgan fingerprint density at radius 2 is 2.20 bits per heavy atom. The number of ketones is 1. The van der Waals surface area contributed by atoms with Gasteiger partial charge in [-0.05, 0) is 37.2 Å². The van der Waals surface area contributed by atoms with Gasteiger partial charge in [-0.15, -0.1) is 0 Å². The molecule has 1 rings (SSSR count). The topological polar surface area (TPSA) is 58.2 Å². The van der Waals surface area contributed by atoms with Crippen LogP contribution < -0.4 is 10.6 Å². The SMILES string of the molecule is CC(=O)CNC(=O)NCC1CCCSC1. The number of hydrogen-bond donors (Lipinski definition) is 2. The Kier molecular flexibility index (Phi) is 5.53. The molecule has 1 fully saturated rings. The molecular formula is C10H18N2O2S. The van der Waals surface area contributed by atoms with Crippen molar-refractivity contribution in [3.63, 3.8) is 0 Å². The number of Topliss-reactive ketones (excluding diaryl/α,β-unsaturated/α-hetero) is 1. The van der Waals surface area contributed by atoms with Crippen LogP contribution >= 0.6 is 11.8 Å². The van der Waals surface area contributed by atoms with Crippen molar-refractivity contribution in [2.45, 2.75) is 19.8 Å². The maximum Gasteiger partial charge on any atom is 0.315 e. The first-order valence-corrected chi connectivity index (χ1v) is 6.43. The lowest BCUT2D eigenvalue weighted by molar-refractivity contribution is -0.116. The molecule has 0 aliphatic carbocycles. The first-order chi connectivity index (χ1) is 7.18. The van der Waals surface area contributed by atoms with E-state index in [-0.39, 0.29) is 18.4 Å². The Bertz CT molecular complexity index is 227. The summed E-state index contributed by atoms with van der Waals surface area (Å²) in [5.74, 6) is 2.94. The summed E-state index contributed by atoms with van der Waals surface area (Å²) in [5.41, 5.74) is 0. The Labute approximate surface area is 94.6 Å². The maximum atomic E-state index is 11.2. The first-order valence-electron chi connectivity index (χ1n) is 5.27. The quantitative estimate of drug-likeness (QED) is 0.758. The lowest BCUT2D eigenvalue weighted by Gasteiger charge is -2.21. The minimum absolute atomic E-state index is 0.0293. The fraction of sp³-hybridized carbons (Fsp3) is 0.800. The molecule has 2 N–H and O–H groups in total. The van der Waals surface area contributed by atoms with Gasteiger partial charge in [-0.3, -0.25) is 4.79 Å². The van der Waals surface area contributed by atoms with E-state index in [1.807, 2.05) is 11.8 Å². The van der Waals surface area contributed by atoms with Gasteiger partial charge in [0.1, 0.15) is 5.78 Å². The lowest BCUT2D eigenvalue weighted by Crippen LogP contribution is -2.40. The van der Waals surface area contributed by atoms with Crippen LogP contribution in [0.15, 0.2) is 0 Å². The number of rotatable bonds is 4. The fourth-order valence-corrected chi connectivity index (χ4v) is 2.63. The number of nitrogens with one attached hydrogen (secondary N) is 2. The van der Waals surface area contributed by atoms with Gasteiger partial charge in [0.25, 0.3) is 0 Å². The molecule has 1 aliphatic rings. The second-order valence-electron chi connectivity index (χ2n) is 3.85. The van der Waals surface area contributed by atoms with Crippen LogP contribution in [-0.2, 0) is 4.79 Å². The third-order valence-corrected chi connectivity index (χ3v) is 3.59. The summed E-state index contributed by atoms with van der Waals surface area (Å²) in [6, 6.07) is -0.235. The summed E-state index contributed by atoms with van der Waals surface area (Å²) < 4.78 is 0. The number of urea groups is 1. The van der Waals surface area contributed by atoms with Crippen molar-refractivity contribution in [3.8, 4) is 0 Å². The first kappa shape index (κ1) is 12.4. The van der Waals surface area contributed by atoms with E-state index in [0.29, 0.717) is 5.92 Å². The largest absolute Gasteiger partial charge is 0.338 e. The van der Waals surface area contributed by atoms with Gasteiger partial charge in [-0.2, -0.15) is 11.8 Å². The number of amides is 2. The number of thioether (sulfide) groups is 1. The van der Waals surface area contributed by atoms with E-state index in [9.17, 15) is 9.59 Å². The fourth-order valence-electron chi connectivity index (χ4n) is 1.47. The number of carbonyl (C=O) groups is 2. The monoisotopic (exact) mass is 230 g/mol. The van der Waals surface area contributed by atoms with Gasteiger partial charge in [0.2, 0.25) is 0 Å². The highest BCUT2D eigenvalue weighted by Crippen LogP contribution is 2.21. The van der Waals surface area contributed by atoms with E-state index < -0.39 is 0 Å². The van der Waals surface area contributed by atoms with Gasteiger partial charge in [0.15, 0.2) is 0 Å².